The first kappa shape index (κ1) is 32.0. The van der Waals surface area contributed by atoms with Gasteiger partial charge in [0.05, 0.1) is 22.0 Å². The van der Waals surface area contributed by atoms with Crippen LogP contribution in [0.25, 0.3) is 32.1 Å². The lowest BCUT2D eigenvalue weighted by atomic mass is 9.60. The third-order valence-corrected chi connectivity index (χ3v) is 11.1. The van der Waals surface area contributed by atoms with Crippen LogP contribution in [0.1, 0.15) is 59.9 Å². The molecule has 1 unspecified atom stereocenters. The number of fused-ring (bicyclic) bond motifs is 4. The van der Waals surface area contributed by atoms with Gasteiger partial charge in [0.2, 0.25) is 0 Å². The molecule has 1 N–H and O–H groups in total. The van der Waals surface area contributed by atoms with Crippen molar-refractivity contribution in [3.63, 3.8) is 0 Å². The summed E-state index contributed by atoms with van der Waals surface area (Å²) in [5.74, 6) is -0.0715. The van der Waals surface area contributed by atoms with Crippen molar-refractivity contribution >= 4 is 66.8 Å². The number of esters is 1. The van der Waals surface area contributed by atoms with E-state index in [4.69, 9.17) is 25.8 Å². The predicted octanol–water partition coefficient (Wildman–Crippen LogP) is 7.03. The van der Waals surface area contributed by atoms with Gasteiger partial charge in [-0.3, -0.25) is 15.0 Å². The van der Waals surface area contributed by atoms with Crippen LogP contribution >= 0.6 is 22.9 Å². The number of anilines is 2. The molecule has 14 heteroatoms. The topological polar surface area (TPSA) is 130 Å². The molecule has 2 aromatic heterocycles. The number of hydrogen-bond donors (Lipinski definition) is 1. The molecule has 4 aliphatic heterocycles. The third kappa shape index (κ3) is 4.75. The molecule has 0 aliphatic carbocycles. The largest absolute Gasteiger partial charge is 0.489 e. The van der Waals surface area contributed by atoms with Crippen molar-refractivity contribution in [3.8, 4) is 22.9 Å². The lowest BCUT2D eigenvalue weighted by Gasteiger charge is -2.73. The van der Waals surface area contributed by atoms with E-state index in [1.54, 1.807) is 39.0 Å². The maximum absolute atomic E-state index is 16.9. The summed E-state index contributed by atoms with van der Waals surface area (Å²) in [5.41, 5.74) is -1.35. The number of amides is 1. The number of rotatable bonds is 3. The fourth-order valence-electron chi connectivity index (χ4n) is 7.97. The van der Waals surface area contributed by atoms with Gasteiger partial charge in [0.25, 0.3) is 0 Å². The number of thiophene rings is 1. The van der Waals surface area contributed by atoms with Gasteiger partial charge >= 0.3 is 12.1 Å². The zero-order valence-electron chi connectivity index (χ0n) is 27.8. The van der Waals surface area contributed by atoms with Crippen LogP contribution in [0.5, 0.6) is 5.75 Å². The van der Waals surface area contributed by atoms with E-state index in [9.17, 15) is 14.9 Å². The summed E-state index contributed by atoms with van der Waals surface area (Å²) < 4.78 is 35.2. The summed E-state index contributed by atoms with van der Waals surface area (Å²) >= 11 is 8.31. The molecule has 4 atom stereocenters. The first-order valence-electron chi connectivity index (χ1n) is 16.1. The number of benzene rings is 2. The van der Waals surface area contributed by atoms with Gasteiger partial charge < -0.3 is 19.1 Å². The second-order valence-electron chi connectivity index (χ2n) is 15.1. The first-order chi connectivity index (χ1) is 23.1. The SMILES string of the molecule is CC(C)(C)OC(=O)Nc1sc2cccc(-c3c(Cl)c4c5c(ncnc5c3F)N3C[C@H]5CC6(C(=O)OC(C)(C)C)C[C@@H]([C@H]3CO4)N56)c2c1C#N. The Bertz CT molecular complexity index is 2150. The van der Waals surface area contributed by atoms with Crippen molar-refractivity contribution in [1.82, 2.24) is 14.9 Å². The normalized spacial score (nSPS) is 24.1. The minimum atomic E-state index is -0.744. The van der Waals surface area contributed by atoms with E-state index >= 15 is 4.39 Å². The number of ether oxygens (including phenoxy) is 3. The van der Waals surface area contributed by atoms with Gasteiger partial charge in [-0.15, -0.1) is 11.3 Å². The number of piperazine rings is 1. The van der Waals surface area contributed by atoms with E-state index in [-0.39, 0.29) is 63.1 Å². The Balaban J connectivity index is 1.20. The Hall–Kier alpha value is -4.25. The lowest BCUT2D eigenvalue weighted by molar-refractivity contribution is -0.240. The van der Waals surface area contributed by atoms with Crippen molar-refractivity contribution in [2.75, 3.05) is 23.4 Å². The van der Waals surface area contributed by atoms with Crippen LogP contribution in [-0.2, 0) is 14.3 Å². The van der Waals surface area contributed by atoms with E-state index < -0.39 is 28.7 Å². The molecule has 4 aromatic rings. The highest BCUT2D eigenvalue weighted by Crippen LogP contribution is 2.59. The molecule has 8 rings (SSSR count). The number of piperidine rings is 1. The predicted molar refractivity (Wildman–Crippen MR) is 184 cm³/mol. The lowest BCUT2D eigenvalue weighted by Crippen LogP contribution is -2.89. The molecule has 49 heavy (non-hydrogen) atoms. The number of nitrogens with one attached hydrogen (secondary N) is 1. The Labute approximate surface area is 290 Å². The van der Waals surface area contributed by atoms with Crippen LogP contribution in [0, 0.1) is 17.1 Å². The quantitative estimate of drug-likeness (QED) is 0.222. The summed E-state index contributed by atoms with van der Waals surface area (Å²) in [4.78, 5) is 39.4. The number of nitriles is 1. The molecule has 1 amide bonds. The second kappa shape index (κ2) is 10.6. The molecule has 3 fully saturated rings. The Morgan fingerprint density at radius 2 is 1.88 bits per heavy atom. The van der Waals surface area contributed by atoms with Gasteiger partial charge in [-0.1, -0.05) is 23.7 Å². The Morgan fingerprint density at radius 3 is 2.59 bits per heavy atom. The first-order valence-corrected chi connectivity index (χ1v) is 17.3. The fraction of sp³-hybridized carbons (Fsp3) is 0.457. The molecule has 0 radical (unpaired) electrons. The number of hydrogen-bond acceptors (Lipinski definition) is 11. The van der Waals surface area contributed by atoms with Crippen LogP contribution < -0.4 is 15.0 Å². The highest BCUT2D eigenvalue weighted by molar-refractivity contribution is 7.23. The van der Waals surface area contributed by atoms with Gasteiger partial charge in [0.1, 0.15) is 52.1 Å². The minimum absolute atomic E-state index is 0.0103. The molecule has 0 bridgehead atoms. The number of carbonyl (C=O) groups excluding carboxylic acids is 2. The smallest absolute Gasteiger partial charge is 0.412 e. The van der Waals surface area contributed by atoms with E-state index in [2.05, 4.69) is 31.2 Å². The summed E-state index contributed by atoms with van der Waals surface area (Å²) in [6.45, 7) is 11.7. The molecule has 11 nitrogen and oxygen atoms in total. The second-order valence-corrected chi connectivity index (χ2v) is 16.5. The maximum atomic E-state index is 16.9. The summed E-state index contributed by atoms with van der Waals surface area (Å²) in [5, 5.41) is 14.1. The highest BCUT2D eigenvalue weighted by Gasteiger charge is 2.72. The molecule has 3 saturated heterocycles. The number of halogens is 2. The minimum Gasteiger partial charge on any atom is -0.489 e. The van der Waals surface area contributed by atoms with Crippen molar-refractivity contribution < 1.29 is 28.2 Å². The molecule has 0 spiro atoms. The maximum Gasteiger partial charge on any atom is 0.412 e. The third-order valence-electron chi connectivity index (χ3n) is 9.68. The van der Waals surface area contributed by atoms with E-state index in [0.717, 1.165) is 0 Å². The molecule has 6 heterocycles. The van der Waals surface area contributed by atoms with Gasteiger partial charge in [-0.2, -0.15) is 5.26 Å². The van der Waals surface area contributed by atoms with Gasteiger partial charge in [-0.25, -0.2) is 19.2 Å². The van der Waals surface area contributed by atoms with Crippen LogP contribution in [0.2, 0.25) is 5.02 Å². The monoisotopic (exact) mass is 704 g/mol. The number of carbonyl (C=O) groups is 2. The zero-order chi connectivity index (χ0) is 34.8. The van der Waals surface area contributed by atoms with Gasteiger partial charge in [0.15, 0.2) is 11.6 Å². The molecular formula is C35H34ClFN6O5S. The molecular weight excluding hydrogens is 671 g/mol. The Morgan fingerprint density at radius 1 is 1.12 bits per heavy atom. The molecule has 4 aliphatic rings. The molecule has 254 valence electrons. The van der Waals surface area contributed by atoms with Crippen LogP contribution in [0.4, 0.5) is 20.0 Å². The van der Waals surface area contributed by atoms with Crippen molar-refractivity contribution in [2.24, 2.45) is 0 Å². The fourth-order valence-corrected chi connectivity index (χ4v) is 9.37. The van der Waals surface area contributed by atoms with E-state index in [0.29, 0.717) is 46.2 Å². The number of aromatic nitrogens is 2. The number of nitrogens with zero attached hydrogens (tertiary/aromatic N) is 5. The average molecular weight is 705 g/mol. The van der Waals surface area contributed by atoms with E-state index in [1.165, 1.54) is 17.7 Å². The van der Waals surface area contributed by atoms with Gasteiger partial charge in [0, 0.05) is 34.3 Å². The van der Waals surface area contributed by atoms with Crippen molar-refractivity contribution in [1.29, 1.82) is 5.26 Å². The Kier molecular flexibility index (Phi) is 6.93. The molecule has 2 aromatic carbocycles. The van der Waals surface area contributed by atoms with Crippen LogP contribution in [0.15, 0.2) is 24.5 Å². The van der Waals surface area contributed by atoms with Crippen LogP contribution in [-0.4, -0.2) is 74.9 Å². The van der Waals surface area contributed by atoms with Crippen molar-refractivity contribution in [2.45, 2.75) is 89.3 Å². The highest BCUT2D eigenvalue weighted by atomic mass is 35.5. The van der Waals surface area contributed by atoms with E-state index in [1.807, 2.05) is 20.8 Å². The standard InChI is InChI=1S/C35H34ClFN6O5S/c1-33(2,3)47-31(44)35-10-16-13-42-20(19(11-35)43(16)35)14-46-28-24-27(39-15-40-29(24)42)26(37)23(25(28)36)17-8-7-9-21-22(17)18(12-38)30(49-21)41-32(45)48-34(4,5)6/h7-9,15-16,19-20H,10-11,13-14H2,1-6H3,(H,41,45)/t16-,19+,20-,35?/m1/s1. The summed E-state index contributed by atoms with van der Waals surface area (Å²) in [7, 11) is 0. The van der Waals surface area contributed by atoms with Crippen LogP contribution in [0.3, 0.4) is 0 Å². The summed E-state index contributed by atoms with van der Waals surface area (Å²) in [6.07, 6.45) is 1.94. The zero-order valence-corrected chi connectivity index (χ0v) is 29.4. The average Bonchev–Trinajstić information content (AvgIpc) is 3.25. The summed E-state index contributed by atoms with van der Waals surface area (Å²) in [6, 6.07) is 7.36. The van der Waals surface area contributed by atoms with Crippen molar-refractivity contribution in [3.05, 3.63) is 40.9 Å². The van der Waals surface area contributed by atoms with Gasteiger partial charge in [-0.05, 0) is 66.0 Å². The molecule has 0 saturated carbocycles.